The predicted octanol–water partition coefficient (Wildman–Crippen LogP) is -1.61. The van der Waals surface area contributed by atoms with E-state index in [2.05, 4.69) is 0 Å². The van der Waals surface area contributed by atoms with Gasteiger partial charge in [0.1, 0.15) is 0 Å². The van der Waals surface area contributed by atoms with E-state index in [1.54, 1.807) is 0 Å². The first kappa shape index (κ1) is 16.2. The van der Waals surface area contributed by atoms with Crippen LogP contribution in [0.5, 0.6) is 0 Å². The van der Waals surface area contributed by atoms with Gasteiger partial charge in [0.05, 0.1) is 0 Å². The summed E-state index contributed by atoms with van der Waals surface area (Å²) >= 11 is 0. The Balaban J connectivity index is -0.0000000450. The Labute approximate surface area is 55.7 Å². The van der Waals surface area contributed by atoms with Gasteiger partial charge in [-0.05, 0) is 0 Å². The molecule has 0 aromatic rings. The van der Waals surface area contributed by atoms with E-state index in [1.807, 2.05) is 0 Å². The minimum absolute atomic E-state index is 0. The Hall–Kier alpha value is 0.309. The topological polar surface area (TPSA) is 57.5 Å². The molecular formula is CH6O3Se2. The van der Waals surface area contributed by atoms with E-state index in [9.17, 15) is 0 Å². The third kappa shape index (κ3) is 494. The Morgan fingerprint density at radius 2 is 1.17 bits per heavy atom. The molecule has 2 N–H and O–H groups in total. The molecule has 0 aromatic heterocycles. The molecule has 0 radical (unpaired) electrons. The average Bonchev–Trinajstić information content (AvgIpc) is 0.811. The van der Waals surface area contributed by atoms with E-state index < -0.39 is 6.16 Å². The number of hydrogen-bond acceptors (Lipinski definition) is 1. The second-order valence-corrected chi connectivity index (χ2v) is 0.283. The van der Waals surface area contributed by atoms with Gasteiger partial charge in [0.25, 0.3) is 0 Å². The molecule has 0 atom stereocenters. The third-order valence-corrected chi connectivity index (χ3v) is 0. The zero-order valence-corrected chi connectivity index (χ0v) is 7.00. The summed E-state index contributed by atoms with van der Waals surface area (Å²) in [7, 11) is 0. The van der Waals surface area contributed by atoms with Gasteiger partial charge in [-0.25, -0.2) is 4.79 Å². The molecule has 0 aliphatic rings. The number of rotatable bonds is 0. The van der Waals surface area contributed by atoms with Crippen molar-refractivity contribution in [3.63, 3.8) is 0 Å². The van der Waals surface area contributed by atoms with Gasteiger partial charge in [-0.1, -0.05) is 0 Å². The van der Waals surface area contributed by atoms with Gasteiger partial charge < -0.3 is 10.2 Å². The van der Waals surface area contributed by atoms with Gasteiger partial charge in [-0.15, -0.1) is 0 Å². The molecule has 0 saturated heterocycles. The van der Waals surface area contributed by atoms with Crippen molar-refractivity contribution < 1.29 is 15.0 Å². The van der Waals surface area contributed by atoms with Crippen molar-refractivity contribution in [1.29, 1.82) is 0 Å². The van der Waals surface area contributed by atoms with Crippen molar-refractivity contribution in [3.05, 3.63) is 0 Å². The van der Waals surface area contributed by atoms with Crippen molar-refractivity contribution >= 4 is 40.3 Å². The van der Waals surface area contributed by atoms with Crippen LogP contribution in [0.25, 0.3) is 0 Å². The van der Waals surface area contributed by atoms with Crippen LogP contribution in [-0.4, -0.2) is 50.5 Å². The summed E-state index contributed by atoms with van der Waals surface area (Å²) in [5.74, 6) is 0. The van der Waals surface area contributed by atoms with Crippen molar-refractivity contribution in [3.8, 4) is 0 Å². The molecule has 0 aliphatic heterocycles. The molecule has 0 unspecified atom stereocenters. The van der Waals surface area contributed by atoms with Crippen molar-refractivity contribution in [2.75, 3.05) is 0 Å². The van der Waals surface area contributed by atoms with Crippen LogP contribution in [0.1, 0.15) is 0 Å². The Kier molecular flexibility index (Phi) is 24.4. The average molecular weight is 224 g/mol. The van der Waals surface area contributed by atoms with E-state index >= 15 is 0 Å². The fourth-order valence-corrected chi connectivity index (χ4v) is 0. The van der Waals surface area contributed by atoms with Crippen LogP contribution < -0.4 is 0 Å². The van der Waals surface area contributed by atoms with Crippen LogP contribution in [0, 0.1) is 0 Å². The van der Waals surface area contributed by atoms with Crippen molar-refractivity contribution in [1.82, 2.24) is 0 Å². The monoisotopic (exact) mass is 226 g/mol. The van der Waals surface area contributed by atoms with Gasteiger partial charge in [-0.2, -0.15) is 0 Å². The minimum atomic E-state index is -1.83. The normalized spacial score (nSPS) is 4.00. The molecule has 0 bridgehead atoms. The second kappa shape index (κ2) is 9.00. The SMILES string of the molecule is O=C(O)O.[SeH2].[SeH2]. The van der Waals surface area contributed by atoms with E-state index in [0.29, 0.717) is 0 Å². The molecule has 3 nitrogen and oxygen atoms in total. The summed E-state index contributed by atoms with van der Waals surface area (Å²) in [5, 5.41) is 13.9. The summed E-state index contributed by atoms with van der Waals surface area (Å²) in [6.45, 7) is 0. The fraction of sp³-hybridized carbons (Fsp3) is 0. The van der Waals surface area contributed by atoms with Gasteiger partial charge in [0.2, 0.25) is 0 Å². The van der Waals surface area contributed by atoms with Crippen LogP contribution in [0.15, 0.2) is 0 Å². The molecule has 0 spiro atoms. The molecular weight excluding hydrogens is 218 g/mol. The van der Waals surface area contributed by atoms with Gasteiger partial charge in [-0.3, -0.25) is 0 Å². The van der Waals surface area contributed by atoms with Crippen LogP contribution >= 0.6 is 0 Å². The molecule has 0 amide bonds. The van der Waals surface area contributed by atoms with Crippen LogP contribution in [0.4, 0.5) is 4.79 Å². The quantitative estimate of drug-likeness (QED) is 0.486. The standard InChI is InChI=1S/CH2O3.2H2Se/c2-1(3)4;;/h(H2,2,3,4);2*1H2. The van der Waals surface area contributed by atoms with Crippen LogP contribution in [-0.2, 0) is 0 Å². The van der Waals surface area contributed by atoms with Crippen molar-refractivity contribution in [2.45, 2.75) is 0 Å². The Bertz CT molecular complexity index is 31.8. The van der Waals surface area contributed by atoms with Gasteiger partial charge >= 0.3 is 40.3 Å². The van der Waals surface area contributed by atoms with Crippen LogP contribution in [0.3, 0.4) is 0 Å². The Morgan fingerprint density at radius 1 is 1.17 bits per heavy atom. The van der Waals surface area contributed by atoms with Gasteiger partial charge in [0.15, 0.2) is 0 Å². The molecule has 0 heterocycles. The van der Waals surface area contributed by atoms with E-state index in [0.717, 1.165) is 0 Å². The summed E-state index contributed by atoms with van der Waals surface area (Å²) in [6.07, 6.45) is -1.83. The summed E-state index contributed by atoms with van der Waals surface area (Å²) < 4.78 is 0. The molecule has 6 heavy (non-hydrogen) atoms. The van der Waals surface area contributed by atoms with Crippen molar-refractivity contribution in [2.24, 2.45) is 0 Å². The fourth-order valence-electron chi connectivity index (χ4n) is 0. The molecule has 5 heteroatoms. The number of carboxylic acid groups (broad SMARTS) is 2. The molecule has 0 saturated carbocycles. The molecule has 0 aliphatic carbocycles. The number of hydrogen-bond donors (Lipinski definition) is 2. The summed E-state index contributed by atoms with van der Waals surface area (Å²) in [4.78, 5) is 8.56. The summed E-state index contributed by atoms with van der Waals surface area (Å²) in [6, 6.07) is 0. The molecule has 0 fully saturated rings. The zero-order valence-electron chi connectivity index (χ0n) is 2.80. The molecule has 40 valence electrons. The zero-order chi connectivity index (χ0) is 3.58. The predicted molar refractivity (Wildman–Crippen MR) is 27.7 cm³/mol. The first-order valence-electron chi connectivity index (χ1n) is 0.651. The maximum atomic E-state index is 8.56. The maximum absolute atomic E-state index is 8.56. The van der Waals surface area contributed by atoms with E-state index in [-0.39, 0.29) is 34.1 Å². The third-order valence-electron chi connectivity index (χ3n) is 0. The number of carbonyl (C=O) groups is 1. The van der Waals surface area contributed by atoms with E-state index in [4.69, 9.17) is 15.0 Å². The second-order valence-electron chi connectivity index (χ2n) is 0.283. The summed E-state index contributed by atoms with van der Waals surface area (Å²) in [5.41, 5.74) is 0. The molecule has 0 aromatic carbocycles. The molecule has 0 rings (SSSR count). The first-order chi connectivity index (χ1) is 1.73. The Morgan fingerprint density at radius 3 is 1.17 bits per heavy atom. The van der Waals surface area contributed by atoms with E-state index in [1.165, 1.54) is 0 Å². The van der Waals surface area contributed by atoms with Crippen LogP contribution in [0.2, 0.25) is 0 Å². The van der Waals surface area contributed by atoms with Gasteiger partial charge in [0, 0.05) is 0 Å². The first-order valence-corrected chi connectivity index (χ1v) is 0.651.